The molecule has 3 rings (SSSR count). The zero-order chi connectivity index (χ0) is 14.8. The molecule has 2 N–H and O–H groups in total. The molecular weight excluding hydrogens is 290 g/mol. The van der Waals surface area contributed by atoms with Crippen LogP contribution in [0.25, 0.3) is 0 Å². The number of amides is 2. The Morgan fingerprint density at radius 3 is 2.86 bits per heavy atom. The van der Waals surface area contributed by atoms with E-state index in [-0.39, 0.29) is 30.4 Å². The normalized spacial score (nSPS) is 25.8. The molecule has 2 atom stereocenters. The molecule has 2 aliphatic heterocycles. The van der Waals surface area contributed by atoms with E-state index in [1.54, 1.807) is 0 Å². The van der Waals surface area contributed by atoms with Gasteiger partial charge in [0.25, 0.3) is 0 Å². The number of carbonyl (C=O) groups is 2. The Hall–Kier alpha value is -1.59. The molecule has 112 valence electrons. The molecule has 2 saturated heterocycles. The Bertz CT molecular complexity index is 554. The number of nitrogens with zero attached hydrogens (tertiary/aromatic N) is 1. The molecule has 0 radical (unpaired) electrons. The van der Waals surface area contributed by atoms with Crippen molar-refractivity contribution >= 4 is 23.4 Å². The van der Waals surface area contributed by atoms with Crippen LogP contribution in [0.15, 0.2) is 24.3 Å². The predicted octanol–water partition coefficient (Wildman–Crippen LogP) is 1.09. The molecule has 2 unspecified atom stereocenters. The number of likely N-dealkylation sites (tertiary alicyclic amines) is 1. The molecule has 2 amide bonds. The molecule has 0 aliphatic carbocycles. The average Bonchev–Trinajstić information content (AvgIpc) is 2.97. The van der Waals surface area contributed by atoms with E-state index in [9.17, 15) is 9.59 Å². The first-order valence-corrected chi connectivity index (χ1v) is 7.59. The van der Waals surface area contributed by atoms with Crippen LogP contribution in [0.3, 0.4) is 0 Å². The van der Waals surface area contributed by atoms with E-state index in [2.05, 4.69) is 10.6 Å². The van der Waals surface area contributed by atoms with Crippen LogP contribution in [0.5, 0.6) is 0 Å². The highest BCUT2D eigenvalue weighted by molar-refractivity contribution is 6.31. The summed E-state index contributed by atoms with van der Waals surface area (Å²) >= 11 is 6.27. The maximum absolute atomic E-state index is 12.7. The molecule has 0 bridgehead atoms. The largest absolute Gasteiger partial charge is 0.353 e. The van der Waals surface area contributed by atoms with E-state index >= 15 is 0 Å². The van der Waals surface area contributed by atoms with Gasteiger partial charge in [0.1, 0.15) is 6.04 Å². The second-order valence-electron chi connectivity index (χ2n) is 5.45. The first kappa shape index (κ1) is 14.4. The monoisotopic (exact) mass is 307 g/mol. The maximum Gasteiger partial charge on any atom is 0.242 e. The third kappa shape index (κ3) is 2.89. The van der Waals surface area contributed by atoms with Gasteiger partial charge in [-0.05, 0) is 24.5 Å². The molecule has 0 saturated carbocycles. The highest BCUT2D eigenvalue weighted by Crippen LogP contribution is 2.35. The van der Waals surface area contributed by atoms with Crippen molar-refractivity contribution in [2.24, 2.45) is 0 Å². The SMILES string of the molecule is O=C1CNC(C(=O)N2CCCC2c2ccccc2Cl)CN1. The lowest BCUT2D eigenvalue weighted by Gasteiger charge is -2.31. The van der Waals surface area contributed by atoms with Crippen molar-refractivity contribution in [1.82, 2.24) is 15.5 Å². The number of rotatable bonds is 2. The molecule has 0 spiro atoms. The van der Waals surface area contributed by atoms with Crippen molar-refractivity contribution in [2.75, 3.05) is 19.6 Å². The molecule has 2 fully saturated rings. The lowest BCUT2D eigenvalue weighted by Crippen LogP contribution is -2.58. The fourth-order valence-electron chi connectivity index (χ4n) is 3.04. The summed E-state index contributed by atoms with van der Waals surface area (Å²) in [5.41, 5.74) is 1.00. The van der Waals surface area contributed by atoms with Crippen molar-refractivity contribution in [3.8, 4) is 0 Å². The van der Waals surface area contributed by atoms with Crippen LogP contribution >= 0.6 is 11.6 Å². The van der Waals surface area contributed by atoms with E-state index in [1.165, 1.54) is 0 Å². The van der Waals surface area contributed by atoms with Gasteiger partial charge in [0, 0.05) is 18.1 Å². The van der Waals surface area contributed by atoms with Crippen LogP contribution in [-0.2, 0) is 9.59 Å². The molecule has 21 heavy (non-hydrogen) atoms. The average molecular weight is 308 g/mol. The summed E-state index contributed by atoms with van der Waals surface area (Å²) in [5.74, 6) is -0.0273. The lowest BCUT2D eigenvalue weighted by molar-refractivity contribution is -0.135. The first-order chi connectivity index (χ1) is 10.2. The predicted molar refractivity (Wildman–Crippen MR) is 79.9 cm³/mol. The van der Waals surface area contributed by atoms with Gasteiger partial charge < -0.3 is 10.2 Å². The molecule has 0 aromatic heterocycles. The first-order valence-electron chi connectivity index (χ1n) is 7.22. The van der Waals surface area contributed by atoms with Gasteiger partial charge in [-0.15, -0.1) is 0 Å². The van der Waals surface area contributed by atoms with Crippen molar-refractivity contribution in [2.45, 2.75) is 24.9 Å². The fraction of sp³-hybridized carbons (Fsp3) is 0.467. The Labute approximate surface area is 128 Å². The number of carbonyl (C=O) groups excluding carboxylic acids is 2. The zero-order valence-corrected chi connectivity index (χ0v) is 12.4. The van der Waals surface area contributed by atoms with E-state index in [4.69, 9.17) is 11.6 Å². The molecule has 2 heterocycles. The Morgan fingerprint density at radius 1 is 1.33 bits per heavy atom. The minimum atomic E-state index is -0.342. The number of piperazine rings is 1. The Kier molecular flexibility index (Phi) is 4.12. The van der Waals surface area contributed by atoms with Crippen molar-refractivity contribution < 1.29 is 9.59 Å². The van der Waals surface area contributed by atoms with Gasteiger partial charge in [-0.25, -0.2) is 0 Å². The van der Waals surface area contributed by atoms with Gasteiger partial charge in [0.05, 0.1) is 12.6 Å². The Balaban J connectivity index is 1.76. The van der Waals surface area contributed by atoms with Gasteiger partial charge in [0.15, 0.2) is 0 Å². The van der Waals surface area contributed by atoms with Crippen LogP contribution in [0.2, 0.25) is 5.02 Å². The van der Waals surface area contributed by atoms with Crippen molar-refractivity contribution in [3.05, 3.63) is 34.9 Å². The Morgan fingerprint density at radius 2 is 2.14 bits per heavy atom. The van der Waals surface area contributed by atoms with E-state index in [1.807, 2.05) is 29.2 Å². The maximum atomic E-state index is 12.7. The third-order valence-corrected chi connectivity index (χ3v) is 4.45. The number of hydrogen-bond acceptors (Lipinski definition) is 3. The molecule has 2 aliphatic rings. The van der Waals surface area contributed by atoms with E-state index < -0.39 is 0 Å². The third-order valence-electron chi connectivity index (χ3n) is 4.11. The molecule has 5 nitrogen and oxygen atoms in total. The number of halogens is 1. The highest BCUT2D eigenvalue weighted by Gasteiger charge is 2.35. The van der Waals surface area contributed by atoms with Gasteiger partial charge in [0.2, 0.25) is 11.8 Å². The smallest absolute Gasteiger partial charge is 0.242 e. The van der Waals surface area contributed by atoms with Crippen LogP contribution in [0, 0.1) is 0 Å². The lowest BCUT2D eigenvalue weighted by atomic mass is 10.0. The second-order valence-corrected chi connectivity index (χ2v) is 5.86. The van der Waals surface area contributed by atoms with Crippen LogP contribution < -0.4 is 10.6 Å². The van der Waals surface area contributed by atoms with E-state index in [0.717, 1.165) is 24.9 Å². The summed E-state index contributed by atoms with van der Waals surface area (Å²) in [6.45, 7) is 1.28. The molecule has 1 aromatic carbocycles. The van der Waals surface area contributed by atoms with Gasteiger partial charge in [-0.3, -0.25) is 14.9 Å². The molecule has 6 heteroatoms. The number of hydrogen-bond donors (Lipinski definition) is 2. The quantitative estimate of drug-likeness (QED) is 0.860. The molecular formula is C15H18ClN3O2. The van der Waals surface area contributed by atoms with Crippen LogP contribution in [-0.4, -0.2) is 42.4 Å². The second kappa shape index (κ2) is 6.03. The topological polar surface area (TPSA) is 61.4 Å². The van der Waals surface area contributed by atoms with Crippen LogP contribution in [0.4, 0.5) is 0 Å². The highest BCUT2D eigenvalue weighted by atomic mass is 35.5. The van der Waals surface area contributed by atoms with Gasteiger partial charge in [-0.2, -0.15) is 0 Å². The van der Waals surface area contributed by atoms with E-state index in [0.29, 0.717) is 11.6 Å². The summed E-state index contributed by atoms with van der Waals surface area (Å²) in [7, 11) is 0. The summed E-state index contributed by atoms with van der Waals surface area (Å²) in [4.78, 5) is 25.7. The summed E-state index contributed by atoms with van der Waals surface area (Å²) < 4.78 is 0. The van der Waals surface area contributed by atoms with Crippen LogP contribution in [0.1, 0.15) is 24.4 Å². The summed E-state index contributed by atoms with van der Waals surface area (Å²) in [6, 6.07) is 7.37. The number of benzene rings is 1. The molecule has 1 aromatic rings. The van der Waals surface area contributed by atoms with Crippen molar-refractivity contribution in [3.63, 3.8) is 0 Å². The fourth-order valence-corrected chi connectivity index (χ4v) is 3.30. The summed E-state index contributed by atoms with van der Waals surface area (Å²) in [6.07, 6.45) is 1.90. The standard InChI is InChI=1S/C15H18ClN3O2/c16-11-5-2-1-4-10(11)13-6-3-7-19(13)15(21)12-8-18-14(20)9-17-12/h1-2,4-5,12-13,17H,3,6-9H2,(H,18,20). The van der Waals surface area contributed by atoms with Gasteiger partial charge >= 0.3 is 0 Å². The summed E-state index contributed by atoms with van der Waals surface area (Å²) in [5, 5.41) is 6.42. The number of nitrogens with one attached hydrogen (secondary N) is 2. The minimum Gasteiger partial charge on any atom is -0.353 e. The van der Waals surface area contributed by atoms with Crippen molar-refractivity contribution in [1.29, 1.82) is 0 Å². The minimum absolute atomic E-state index is 0.0330. The van der Waals surface area contributed by atoms with Gasteiger partial charge in [-0.1, -0.05) is 29.8 Å². The zero-order valence-electron chi connectivity index (χ0n) is 11.6.